The number of nitriles is 1. The summed E-state index contributed by atoms with van der Waals surface area (Å²) < 4.78 is 26.7. The number of anilines is 1. The molecule has 0 heterocycles. The van der Waals surface area contributed by atoms with Crippen LogP contribution in [0.3, 0.4) is 0 Å². The van der Waals surface area contributed by atoms with Gasteiger partial charge < -0.3 is 4.90 Å². The number of rotatable bonds is 3. The molecule has 5 heteroatoms. The van der Waals surface area contributed by atoms with E-state index < -0.39 is 17.5 Å². The van der Waals surface area contributed by atoms with Crippen LogP contribution in [0.5, 0.6) is 0 Å². The maximum atomic E-state index is 13.6. The number of benzene rings is 2. The number of halogens is 2. The van der Waals surface area contributed by atoms with Gasteiger partial charge in [-0.3, -0.25) is 4.79 Å². The van der Waals surface area contributed by atoms with Gasteiger partial charge in [0, 0.05) is 18.3 Å². The van der Waals surface area contributed by atoms with Crippen LogP contribution in [0.1, 0.15) is 11.1 Å². The standard InChI is InChI=1S/C16H12F2N2O/c1-20(13-6-2-4-11(8-13)10-19)15(21)9-12-5-3-7-14(17)16(12)18/h2-8H,9H2,1H3. The number of amides is 1. The smallest absolute Gasteiger partial charge is 0.231 e. The average Bonchev–Trinajstić information content (AvgIpc) is 2.51. The second-order valence-corrected chi connectivity index (χ2v) is 4.50. The van der Waals surface area contributed by atoms with E-state index in [1.54, 1.807) is 24.3 Å². The molecule has 0 aromatic heterocycles. The third-order valence-electron chi connectivity index (χ3n) is 3.11. The molecule has 0 radical (unpaired) electrons. The molecular formula is C16H12F2N2O. The van der Waals surface area contributed by atoms with Gasteiger partial charge in [0.15, 0.2) is 11.6 Å². The number of likely N-dealkylation sites (N-methyl/N-ethyl adjacent to an activating group) is 1. The molecule has 2 aromatic rings. The van der Waals surface area contributed by atoms with E-state index in [0.29, 0.717) is 11.3 Å². The zero-order valence-corrected chi connectivity index (χ0v) is 11.3. The number of hydrogen-bond acceptors (Lipinski definition) is 2. The summed E-state index contributed by atoms with van der Waals surface area (Å²) >= 11 is 0. The van der Waals surface area contributed by atoms with Crippen molar-refractivity contribution in [3.8, 4) is 6.07 Å². The first-order chi connectivity index (χ1) is 10.0. The Balaban J connectivity index is 2.20. The Hall–Kier alpha value is -2.74. The molecule has 21 heavy (non-hydrogen) atoms. The predicted molar refractivity (Wildman–Crippen MR) is 74.6 cm³/mol. The SMILES string of the molecule is CN(C(=O)Cc1cccc(F)c1F)c1cccc(C#N)c1. The lowest BCUT2D eigenvalue weighted by atomic mass is 10.1. The highest BCUT2D eigenvalue weighted by molar-refractivity contribution is 5.94. The zero-order valence-electron chi connectivity index (χ0n) is 11.3. The molecule has 0 aliphatic carbocycles. The van der Waals surface area contributed by atoms with Crippen molar-refractivity contribution in [3.63, 3.8) is 0 Å². The van der Waals surface area contributed by atoms with Crippen molar-refractivity contribution in [2.24, 2.45) is 0 Å². The van der Waals surface area contributed by atoms with Crippen molar-refractivity contribution in [1.82, 2.24) is 0 Å². The Morgan fingerprint density at radius 3 is 2.67 bits per heavy atom. The Labute approximate surface area is 121 Å². The van der Waals surface area contributed by atoms with E-state index in [0.717, 1.165) is 6.07 Å². The van der Waals surface area contributed by atoms with Gasteiger partial charge in [0.05, 0.1) is 18.1 Å². The molecule has 2 rings (SSSR count). The minimum Gasteiger partial charge on any atom is -0.315 e. The highest BCUT2D eigenvalue weighted by Gasteiger charge is 2.16. The van der Waals surface area contributed by atoms with Crippen LogP contribution >= 0.6 is 0 Å². The lowest BCUT2D eigenvalue weighted by Gasteiger charge is -2.17. The highest BCUT2D eigenvalue weighted by Crippen LogP contribution is 2.17. The van der Waals surface area contributed by atoms with Crippen molar-refractivity contribution in [2.75, 3.05) is 11.9 Å². The fourth-order valence-corrected chi connectivity index (χ4v) is 1.89. The summed E-state index contributed by atoms with van der Waals surface area (Å²) in [6.45, 7) is 0. The maximum absolute atomic E-state index is 13.6. The minimum absolute atomic E-state index is 0.00304. The van der Waals surface area contributed by atoms with E-state index in [1.165, 1.54) is 24.1 Å². The van der Waals surface area contributed by atoms with Crippen LogP contribution < -0.4 is 4.90 Å². The van der Waals surface area contributed by atoms with Crippen molar-refractivity contribution in [1.29, 1.82) is 5.26 Å². The van der Waals surface area contributed by atoms with Crippen LogP contribution in [-0.2, 0) is 11.2 Å². The highest BCUT2D eigenvalue weighted by atomic mass is 19.2. The van der Waals surface area contributed by atoms with Gasteiger partial charge in [-0.1, -0.05) is 18.2 Å². The lowest BCUT2D eigenvalue weighted by molar-refractivity contribution is -0.117. The quantitative estimate of drug-likeness (QED) is 0.870. The summed E-state index contributed by atoms with van der Waals surface area (Å²) in [5.74, 6) is -2.38. The van der Waals surface area contributed by atoms with Crippen LogP contribution in [-0.4, -0.2) is 13.0 Å². The van der Waals surface area contributed by atoms with E-state index in [-0.39, 0.29) is 12.0 Å². The lowest BCUT2D eigenvalue weighted by Crippen LogP contribution is -2.28. The Morgan fingerprint density at radius 2 is 1.95 bits per heavy atom. The molecular weight excluding hydrogens is 274 g/mol. The first kappa shape index (κ1) is 14.7. The van der Waals surface area contributed by atoms with Crippen LogP contribution in [0.25, 0.3) is 0 Å². The third kappa shape index (κ3) is 3.23. The molecule has 0 saturated carbocycles. The Bertz CT molecular complexity index is 722. The second kappa shape index (κ2) is 6.14. The predicted octanol–water partition coefficient (Wildman–Crippen LogP) is 3.04. The molecule has 3 nitrogen and oxygen atoms in total. The number of carbonyl (C=O) groups is 1. The van der Waals surface area contributed by atoms with Crippen LogP contribution in [0.2, 0.25) is 0 Å². The molecule has 0 unspecified atom stereocenters. The number of hydrogen-bond donors (Lipinski definition) is 0. The summed E-state index contributed by atoms with van der Waals surface area (Å²) in [5.41, 5.74) is 0.947. The van der Waals surface area contributed by atoms with Crippen LogP contribution in [0, 0.1) is 23.0 Å². The largest absolute Gasteiger partial charge is 0.315 e. The van der Waals surface area contributed by atoms with Gasteiger partial charge in [-0.15, -0.1) is 0 Å². The molecule has 0 bridgehead atoms. The number of nitrogens with zero attached hydrogens (tertiary/aromatic N) is 2. The topological polar surface area (TPSA) is 44.1 Å². The fourth-order valence-electron chi connectivity index (χ4n) is 1.89. The Morgan fingerprint density at radius 1 is 1.24 bits per heavy atom. The van der Waals surface area contributed by atoms with Crippen molar-refractivity contribution in [3.05, 3.63) is 65.2 Å². The Kier molecular flexibility index (Phi) is 4.29. The van der Waals surface area contributed by atoms with Gasteiger partial charge in [-0.25, -0.2) is 8.78 Å². The summed E-state index contributed by atoms with van der Waals surface area (Å²) in [5, 5.41) is 8.84. The first-order valence-electron chi connectivity index (χ1n) is 6.22. The summed E-state index contributed by atoms with van der Waals surface area (Å²) in [6, 6.07) is 12.2. The molecule has 0 aliphatic heterocycles. The monoisotopic (exact) mass is 286 g/mol. The van der Waals surface area contributed by atoms with Crippen molar-refractivity contribution >= 4 is 11.6 Å². The average molecular weight is 286 g/mol. The van der Waals surface area contributed by atoms with E-state index in [2.05, 4.69) is 0 Å². The van der Waals surface area contributed by atoms with Crippen LogP contribution in [0.15, 0.2) is 42.5 Å². The van der Waals surface area contributed by atoms with Crippen molar-refractivity contribution < 1.29 is 13.6 Å². The molecule has 0 spiro atoms. The van der Waals surface area contributed by atoms with E-state index in [1.807, 2.05) is 6.07 Å². The molecule has 1 amide bonds. The summed E-state index contributed by atoms with van der Waals surface area (Å²) in [6.07, 6.45) is -0.253. The summed E-state index contributed by atoms with van der Waals surface area (Å²) in [4.78, 5) is 13.4. The van der Waals surface area contributed by atoms with E-state index in [9.17, 15) is 13.6 Å². The molecule has 0 atom stereocenters. The molecule has 0 N–H and O–H groups in total. The molecule has 0 saturated heterocycles. The molecule has 106 valence electrons. The van der Waals surface area contributed by atoms with Gasteiger partial charge >= 0.3 is 0 Å². The van der Waals surface area contributed by atoms with Gasteiger partial charge in [0.25, 0.3) is 0 Å². The molecule has 0 fully saturated rings. The molecule has 0 aliphatic rings. The van der Waals surface area contributed by atoms with E-state index in [4.69, 9.17) is 5.26 Å². The van der Waals surface area contributed by atoms with Crippen molar-refractivity contribution in [2.45, 2.75) is 6.42 Å². The fraction of sp³-hybridized carbons (Fsp3) is 0.125. The van der Waals surface area contributed by atoms with Gasteiger partial charge in [-0.05, 0) is 24.3 Å². The summed E-state index contributed by atoms with van der Waals surface area (Å²) in [7, 11) is 1.52. The van der Waals surface area contributed by atoms with E-state index >= 15 is 0 Å². The normalized spacial score (nSPS) is 10.0. The maximum Gasteiger partial charge on any atom is 0.231 e. The first-order valence-corrected chi connectivity index (χ1v) is 6.22. The second-order valence-electron chi connectivity index (χ2n) is 4.50. The third-order valence-corrected chi connectivity index (χ3v) is 3.11. The van der Waals surface area contributed by atoms with Gasteiger partial charge in [0.2, 0.25) is 5.91 Å². The van der Waals surface area contributed by atoms with Gasteiger partial charge in [0.1, 0.15) is 0 Å². The van der Waals surface area contributed by atoms with Gasteiger partial charge in [-0.2, -0.15) is 5.26 Å². The zero-order chi connectivity index (χ0) is 15.4. The number of carbonyl (C=O) groups excluding carboxylic acids is 1. The molecule has 2 aromatic carbocycles. The minimum atomic E-state index is -1.01. The van der Waals surface area contributed by atoms with Crippen LogP contribution in [0.4, 0.5) is 14.5 Å².